The molecule has 5 N–H and O–H groups in total. The maximum atomic E-state index is 15.0. The molecule has 0 aromatic heterocycles. The Morgan fingerprint density at radius 2 is 1.85 bits per heavy atom. The van der Waals surface area contributed by atoms with Crippen molar-refractivity contribution >= 4 is 29.5 Å². The quantitative estimate of drug-likeness (QED) is 0.465. The van der Waals surface area contributed by atoms with Gasteiger partial charge in [0.05, 0.1) is 31.9 Å². The van der Waals surface area contributed by atoms with E-state index in [1.54, 1.807) is 36.4 Å². The molecule has 1 atom stereocenters. The van der Waals surface area contributed by atoms with E-state index in [1.165, 1.54) is 22.8 Å². The van der Waals surface area contributed by atoms with Gasteiger partial charge in [0.25, 0.3) is 0 Å². The minimum absolute atomic E-state index is 0.148. The number of anilines is 1. The highest BCUT2D eigenvalue weighted by Crippen LogP contribution is 2.29. The van der Waals surface area contributed by atoms with Crippen LogP contribution in [-0.2, 0) is 25.7 Å². The minimum Gasteiger partial charge on any atom is -0.442 e. The number of amides is 4. The van der Waals surface area contributed by atoms with Gasteiger partial charge in [-0.15, -0.1) is 0 Å². The average molecular weight is 471 g/mol. The zero-order valence-electron chi connectivity index (χ0n) is 18.6. The third kappa shape index (κ3) is 6.51. The lowest BCUT2D eigenvalue weighted by atomic mass is 10.0. The van der Waals surface area contributed by atoms with Crippen molar-refractivity contribution in [3.63, 3.8) is 0 Å². The summed E-state index contributed by atoms with van der Waals surface area (Å²) >= 11 is 0. The predicted octanol–water partition coefficient (Wildman–Crippen LogP) is 0.727. The maximum Gasteiger partial charge on any atom is 0.414 e. The van der Waals surface area contributed by atoms with Gasteiger partial charge in [-0.25, -0.2) is 9.18 Å². The largest absolute Gasteiger partial charge is 0.442 e. The molecule has 0 spiro atoms. The summed E-state index contributed by atoms with van der Waals surface area (Å²) in [5.74, 6) is -1.98. The first-order chi connectivity index (χ1) is 16.1. The van der Waals surface area contributed by atoms with E-state index in [0.29, 0.717) is 16.8 Å². The topological polar surface area (TPSA) is 148 Å². The van der Waals surface area contributed by atoms with Crippen LogP contribution < -0.4 is 21.7 Å². The van der Waals surface area contributed by atoms with Crippen molar-refractivity contribution in [3.8, 4) is 11.1 Å². The highest BCUT2D eigenvalue weighted by Gasteiger charge is 2.32. The van der Waals surface area contributed by atoms with Gasteiger partial charge in [-0.1, -0.05) is 18.2 Å². The molecule has 1 aliphatic rings. The first-order valence-electron chi connectivity index (χ1n) is 10.5. The standard InChI is InChI=1S/C23H26FN5O5/c1-14(30)27-9-18-11-29(23(33)34-18)17-5-6-19(20(24)8-17)16-4-2-3-15(7-16)10-28(12-21(25)31)13-22(26)32/h2-8,18H,9-13H2,1H3,(H2,25,31)(H2,26,32)(H,27,30). The summed E-state index contributed by atoms with van der Waals surface area (Å²) in [4.78, 5) is 48.6. The molecule has 2 aromatic carbocycles. The number of primary amides is 2. The molecule has 1 fully saturated rings. The number of carbonyl (C=O) groups is 4. The molecule has 0 saturated carbocycles. The molecule has 1 aliphatic heterocycles. The van der Waals surface area contributed by atoms with E-state index in [9.17, 15) is 19.2 Å². The molecule has 0 bridgehead atoms. The Bertz CT molecular complexity index is 1090. The van der Waals surface area contributed by atoms with Gasteiger partial charge >= 0.3 is 6.09 Å². The average Bonchev–Trinajstić information content (AvgIpc) is 3.12. The number of carbonyl (C=O) groups excluding carboxylic acids is 4. The number of nitrogens with one attached hydrogen (secondary N) is 1. The second-order valence-electron chi connectivity index (χ2n) is 8.00. The summed E-state index contributed by atoms with van der Waals surface area (Å²) in [6.45, 7) is 1.64. The Kier molecular flexibility index (Phi) is 7.79. The normalized spacial score (nSPS) is 15.3. The lowest BCUT2D eigenvalue weighted by Gasteiger charge is -2.19. The van der Waals surface area contributed by atoms with Crippen molar-refractivity contribution in [2.75, 3.05) is 31.1 Å². The lowest BCUT2D eigenvalue weighted by Crippen LogP contribution is -2.39. The summed E-state index contributed by atoms with van der Waals surface area (Å²) in [7, 11) is 0. The van der Waals surface area contributed by atoms with Gasteiger partial charge in [-0.3, -0.25) is 24.2 Å². The second kappa shape index (κ2) is 10.8. The van der Waals surface area contributed by atoms with Crippen LogP contribution in [0.25, 0.3) is 11.1 Å². The van der Waals surface area contributed by atoms with Crippen LogP contribution in [0.5, 0.6) is 0 Å². The third-order valence-electron chi connectivity index (χ3n) is 5.12. The summed E-state index contributed by atoms with van der Waals surface area (Å²) in [5.41, 5.74) is 12.4. The second-order valence-corrected chi connectivity index (χ2v) is 8.00. The molecule has 34 heavy (non-hydrogen) atoms. The number of halogens is 1. The number of hydrogen-bond acceptors (Lipinski definition) is 6. The van der Waals surface area contributed by atoms with Crippen LogP contribution in [0.3, 0.4) is 0 Å². The lowest BCUT2D eigenvalue weighted by molar-refractivity contribution is -0.122. The summed E-state index contributed by atoms with van der Waals surface area (Å²) in [6, 6.07) is 11.4. The monoisotopic (exact) mass is 471 g/mol. The van der Waals surface area contributed by atoms with E-state index < -0.39 is 29.8 Å². The van der Waals surface area contributed by atoms with Gasteiger partial charge in [-0.2, -0.15) is 0 Å². The number of rotatable bonds is 10. The molecular weight excluding hydrogens is 445 g/mol. The molecule has 10 nitrogen and oxygen atoms in total. The molecule has 1 heterocycles. The van der Waals surface area contributed by atoms with Gasteiger partial charge in [0.2, 0.25) is 17.7 Å². The molecule has 1 unspecified atom stereocenters. The van der Waals surface area contributed by atoms with Gasteiger partial charge in [0, 0.05) is 19.0 Å². The van der Waals surface area contributed by atoms with Gasteiger partial charge in [0.1, 0.15) is 11.9 Å². The third-order valence-corrected chi connectivity index (χ3v) is 5.12. The van der Waals surface area contributed by atoms with Crippen LogP contribution in [-0.4, -0.2) is 61.0 Å². The number of cyclic esters (lactones) is 1. The van der Waals surface area contributed by atoms with E-state index in [0.717, 1.165) is 5.56 Å². The summed E-state index contributed by atoms with van der Waals surface area (Å²) in [6.07, 6.45) is -1.15. The Hall–Kier alpha value is -3.99. The van der Waals surface area contributed by atoms with E-state index in [4.69, 9.17) is 16.2 Å². The minimum atomic E-state index is -0.617. The maximum absolute atomic E-state index is 15.0. The summed E-state index contributed by atoms with van der Waals surface area (Å²) < 4.78 is 20.3. The van der Waals surface area contributed by atoms with Gasteiger partial charge in [-0.05, 0) is 35.4 Å². The molecule has 3 rings (SSSR count). The highest BCUT2D eigenvalue weighted by molar-refractivity contribution is 5.90. The highest BCUT2D eigenvalue weighted by atomic mass is 19.1. The van der Waals surface area contributed by atoms with E-state index in [1.807, 2.05) is 0 Å². The van der Waals surface area contributed by atoms with Crippen LogP contribution in [0.2, 0.25) is 0 Å². The number of nitrogens with two attached hydrogens (primary N) is 2. The first kappa shape index (κ1) is 24.6. The zero-order chi connectivity index (χ0) is 24.8. The molecule has 11 heteroatoms. The van der Waals surface area contributed by atoms with E-state index >= 15 is 4.39 Å². The predicted molar refractivity (Wildman–Crippen MR) is 122 cm³/mol. The number of ether oxygens (including phenoxy) is 1. The van der Waals surface area contributed by atoms with E-state index in [2.05, 4.69) is 5.32 Å². The molecule has 0 aliphatic carbocycles. The fraction of sp³-hybridized carbons (Fsp3) is 0.304. The zero-order valence-corrected chi connectivity index (χ0v) is 18.6. The SMILES string of the molecule is CC(=O)NCC1CN(c2ccc(-c3cccc(CN(CC(N)=O)CC(N)=O)c3)c(F)c2)C(=O)O1. The molecular formula is C23H26FN5O5. The van der Waals surface area contributed by atoms with Gasteiger partial charge < -0.3 is 21.5 Å². The van der Waals surface area contributed by atoms with Crippen molar-refractivity contribution in [1.29, 1.82) is 0 Å². The Morgan fingerprint density at radius 3 is 2.47 bits per heavy atom. The van der Waals surface area contributed by atoms with Crippen LogP contribution in [0.15, 0.2) is 42.5 Å². The van der Waals surface area contributed by atoms with Crippen LogP contribution in [0.1, 0.15) is 12.5 Å². The molecule has 2 aromatic rings. The molecule has 1 saturated heterocycles. The van der Waals surface area contributed by atoms with Crippen molar-refractivity contribution in [1.82, 2.24) is 10.2 Å². The molecule has 4 amide bonds. The Morgan fingerprint density at radius 1 is 1.15 bits per heavy atom. The fourth-order valence-electron chi connectivity index (χ4n) is 3.71. The molecule has 0 radical (unpaired) electrons. The number of hydrogen-bond donors (Lipinski definition) is 3. The van der Waals surface area contributed by atoms with Crippen molar-refractivity contribution in [2.45, 2.75) is 19.6 Å². The fourth-order valence-corrected chi connectivity index (χ4v) is 3.71. The van der Waals surface area contributed by atoms with Gasteiger partial charge in [0.15, 0.2) is 0 Å². The first-order valence-corrected chi connectivity index (χ1v) is 10.5. The van der Waals surface area contributed by atoms with Crippen LogP contribution in [0.4, 0.5) is 14.9 Å². The van der Waals surface area contributed by atoms with Crippen molar-refractivity contribution < 1.29 is 28.3 Å². The molecule has 180 valence electrons. The van der Waals surface area contributed by atoms with Crippen LogP contribution in [0, 0.1) is 5.82 Å². The van der Waals surface area contributed by atoms with Crippen molar-refractivity contribution in [2.24, 2.45) is 11.5 Å². The number of nitrogens with zero attached hydrogens (tertiary/aromatic N) is 2. The van der Waals surface area contributed by atoms with E-state index in [-0.39, 0.29) is 38.6 Å². The van der Waals surface area contributed by atoms with Crippen LogP contribution >= 0.6 is 0 Å². The number of benzene rings is 2. The summed E-state index contributed by atoms with van der Waals surface area (Å²) in [5, 5.41) is 2.59. The van der Waals surface area contributed by atoms with Crippen molar-refractivity contribution in [3.05, 3.63) is 53.8 Å². The Labute approximate surface area is 195 Å². The Balaban J connectivity index is 1.76. The smallest absolute Gasteiger partial charge is 0.414 e.